The second-order valence-corrected chi connectivity index (χ2v) is 3.79. The van der Waals surface area contributed by atoms with Crippen molar-refractivity contribution < 1.29 is 19.1 Å². The summed E-state index contributed by atoms with van der Waals surface area (Å²) in [6.45, 7) is 5.09. The van der Waals surface area contributed by atoms with E-state index in [0.717, 1.165) is 0 Å². The molecule has 0 aliphatic heterocycles. The highest BCUT2D eigenvalue weighted by molar-refractivity contribution is 5.76. The molecule has 0 amide bonds. The number of ether oxygens (including phenoxy) is 2. The first-order valence-electron chi connectivity index (χ1n) is 4.42. The van der Waals surface area contributed by atoms with Gasteiger partial charge in [0.1, 0.15) is 5.60 Å². The quantitative estimate of drug-likeness (QED) is 0.661. The van der Waals surface area contributed by atoms with Crippen LogP contribution in [0.3, 0.4) is 0 Å². The molecule has 0 radical (unpaired) electrons. The van der Waals surface area contributed by atoms with Gasteiger partial charge < -0.3 is 15.2 Å². The summed E-state index contributed by atoms with van der Waals surface area (Å²) in [7, 11) is 0. The molecule has 0 atom stereocenters. The summed E-state index contributed by atoms with van der Waals surface area (Å²) in [6, 6.07) is 0. The van der Waals surface area contributed by atoms with Crippen molar-refractivity contribution in [2.45, 2.75) is 32.8 Å². The minimum Gasteiger partial charge on any atom is -0.457 e. The van der Waals surface area contributed by atoms with Gasteiger partial charge in [-0.25, -0.2) is 4.79 Å². The van der Waals surface area contributed by atoms with E-state index < -0.39 is 17.5 Å². The smallest absolute Gasteiger partial charge is 0.344 e. The molecule has 0 aromatic rings. The Bertz CT molecular complexity index is 207. The lowest BCUT2D eigenvalue weighted by atomic mass is 10.2. The number of hydrogen-bond acceptors (Lipinski definition) is 5. The summed E-state index contributed by atoms with van der Waals surface area (Å²) in [5.74, 6) is -1.04. The highest BCUT2D eigenvalue weighted by atomic mass is 16.6. The van der Waals surface area contributed by atoms with Crippen LogP contribution < -0.4 is 5.73 Å². The van der Waals surface area contributed by atoms with Crippen LogP contribution in [0.15, 0.2) is 0 Å². The van der Waals surface area contributed by atoms with E-state index in [1.165, 1.54) is 0 Å². The van der Waals surface area contributed by atoms with Crippen molar-refractivity contribution in [2.24, 2.45) is 5.73 Å². The molecular weight excluding hydrogens is 186 g/mol. The van der Waals surface area contributed by atoms with Crippen molar-refractivity contribution >= 4 is 11.9 Å². The Hall–Kier alpha value is -1.10. The molecule has 0 saturated carbocycles. The fourth-order valence-corrected chi connectivity index (χ4v) is 0.700. The van der Waals surface area contributed by atoms with E-state index in [2.05, 4.69) is 4.74 Å². The van der Waals surface area contributed by atoms with Crippen molar-refractivity contribution in [3.8, 4) is 0 Å². The van der Waals surface area contributed by atoms with E-state index >= 15 is 0 Å². The van der Waals surface area contributed by atoms with Crippen molar-refractivity contribution in [2.75, 3.05) is 13.2 Å². The lowest BCUT2D eigenvalue weighted by Crippen LogP contribution is -2.27. The highest BCUT2D eigenvalue weighted by Gasteiger charge is 2.17. The summed E-state index contributed by atoms with van der Waals surface area (Å²) in [4.78, 5) is 21.8. The van der Waals surface area contributed by atoms with Gasteiger partial charge in [0.2, 0.25) is 0 Å². The molecule has 82 valence electrons. The van der Waals surface area contributed by atoms with Crippen LogP contribution in [0.4, 0.5) is 0 Å². The van der Waals surface area contributed by atoms with Crippen LogP contribution in [0.5, 0.6) is 0 Å². The summed E-state index contributed by atoms with van der Waals surface area (Å²) in [5, 5.41) is 0. The molecule has 0 unspecified atom stereocenters. The first-order valence-corrected chi connectivity index (χ1v) is 4.42. The molecule has 0 aromatic heterocycles. The predicted octanol–water partition coefficient (Wildman–Crippen LogP) is 0.220. The third-order valence-corrected chi connectivity index (χ3v) is 1.12. The third kappa shape index (κ3) is 7.54. The maximum atomic E-state index is 11.0. The Morgan fingerprint density at radius 3 is 2.21 bits per heavy atom. The zero-order chi connectivity index (χ0) is 11.2. The Labute approximate surface area is 83.5 Å². The lowest BCUT2D eigenvalue weighted by Gasteiger charge is -2.19. The van der Waals surface area contributed by atoms with Gasteiger partial charge in [-0.05, 0) is 20.8 Å². The van der Waals surface area contributed by atoms with Gasteiger partial charge in [-0.2, -0.15) is 0 Å². The minimum absolute atomic E-state index is 0.114. The van der Waals surface area contributed by atoms with Gasteiger partial charge in [0, 0.05) is 6.54 Å². The number of hydrogen-bond donors (Lipinski definition) is 1. The second-order valence-electron chi connectivity index (χ2n) is 3.79. The molecule has 5 nitrogen and oxygen atoms in total. The van der Waals surface area contributed by atoms with Crippen molar-refractivity contribution in [3.05, 3.63) is 0 Å². The summed E-state index contributed by atoms with van der Waals surface area (Å²) < 4.78 is 9.52. The molecule has 14 heavy (non-hydrogen) atoms. The van der Waals surface area contributed by atoms with Crippen molar-refractivity contribution in [1.29, 1.82) is 0 Å². The van der Waals surface area contributed by atoms with Crippen LogP contribution in [0.2, 0.25) is 0 Å². The minimum atomic E-state index is -0.558. The zero-order valence-corrected chi connectivity index (χ0v) is 8.83. The molecule has 0 rings (SSSR count). The Morgan fingerprint density at radius 1 is 1.21 bits per heavy atom. The number of carbonyl (C=O) groups excluding carboxylic acids is 2. The summed E-state index contributed by atoms with van der Waals surface area (Å²) in [6.07, 6.45) is 0.114. The Balaban J connectivity index is 3.70. The van der Waals surface area contributed by atoms with Gasteiger partial charge in [0.15, 0.2) is 6.61 Å². The first-order chi connectivity index (χ1) is 6.35. The largest absolute Gasteiger partial charge is 0.457 e. The van der Waals surface area contributed by atoms with Crippen LogP contribution in [-0.4, -0.2) is 30.7 Å². The van der Waals surface area contributed by atoms with Crippen molar-refractivity contribution in [1.82, 2.24) is 0 Å². The van der Waals surface area contributed by atoms with Gasteiger partial charge in [0.25, 0.3) is 0 Å². The maximum Gasteiger partial charge on any atom is 0.344 e. The van der Waals surface area contributed by atoms with Gasteiger partial charge >= 0.3 is 11.9 Å². The first kappa shape index (κ1) is 12.9. The molecule has 0 aliphatic carbocycles. The van der Waals surface area contributed by atoms with Crippen LogP contribution in [0, 0.1) is 0 Å². The molecule has 0 aromatic carbocycles. The number of carbonyl (C=O) groups is 2. The zero-order valence-electron chi connectivity index (χ0n) is 8.83. The molecule has 0 heterocycles. The SMILES string of the molecule is CC(C)(C)OC(=O)COC(=O)CCN. The second kappa shape index (κ2) is 5.59. The van der Waals surface area contributed by atoms with Gasteiger partial charge in [0.05, 0.1) is 6.42 Å². The molecule has 0 saturated heterocycles. The van der Waals surface area contributed by atoms with E-state index in [9.17, 15) is 9.59 Å². The maximum absolute atomic E-state index is 11.0. The third-order valence-electron chi connectivity index (χ3n) is 1.12. The molecule has 0 spiro atoms. The molecular formula is C9H17NO4. The van der Waals surface area contributed by atoms with E-state index in [4.69, 9.17) is 10.5 Å². The molecule has 0 aliphatic rings. The van der Waals surface area contributed by atoms with Crippen LogP contribution >= 0.6 is 0 Å². The monoisotopic (exact) mass is 203 g/mol. The van der Waals surface area contributed by atoms with Crippen molar-refractivity contribution in [3.63, 3.8) is 0 Å². The number of rotatable bonds is 4. The summed E-state index contributed by atoms with van der Waals surface area (Å²) >= 11 is 0. The normalized spacial score (nSPS) is 10.9. The predicted molar refractivity (Wildman–Crippen MR) is 50.5 cm³/mol. The molecule has 5 heteroatoms. The standard InChI is InChI=1S/C9H17NO4/c1-9(2,3)14-8(12)6-13-7(11)4-5-10/h4-6,10H2,1-3H3. The van der Waals surface area contributed by atoms with E-state index in [-0.39, 0.29) is 19.6 Å². The fraction of sp³-hybridized carbons (Fsp3) is 0.778. The number of nitrogens with two attached hydrogens (primary N) is 1. The fourth-order valence-electron chi connectivity index (χ4n) is 0.700. The van der Waals surface area contributed by atoms with Gasteiger partial charge in [-0.15, -0.1) is 0 Å². The van der Waals surface area contributed by atoms with Crippen LogP contribution in [0.25, 0.3) is 0 Å². The summed E-state index contributed by atoms with van der Waals surface area (Å²) in [5.41, 5.74) is 4.56. The molecule has 2 N–H and O–H groups in total. The molecule has 0 bridgehead atoms. The molecule has 0 fully saturated rings. The van der Waals surface area contributed by atoms with E-state index in [1.807, 2.05) is 0 Å². The lowest BCUT2D eigenvalue weighted by molar-refractivity contribution is -0.166. The average molecular weight is 203 g/mol. The van der Waals surface area contributed by atoms with Crippen LogP contribution in [-0.2, 0) is 19.1 Å². The van der Waals surface area contributed by atoms with E-state index in [0.29, 0.717) is 0 Å². The Morgan fingerprint density at radius 2 is 1.79 bits per heavy atom. The Kier molecular flexibility index (Phi) is 5.15. The van der Waals surface area contributed by atoms with Gasteiger partial charge in [-0.1, -0.05) is 0 Å². The van der Waals surface area contributed by atoms with Gasteiger partial charge in [-0.3, -0.25) is 4.79 Å². The van der Waals surface area contributed by atoms with E-state index in [1.54, 1.807) is 20.8 Å². The van der Waals surface area contributed by atoms with Crippen LogP contribution in [0.1, 0.15) is 27.2 Å². The average Bonchev–Trinajstić information content (AvgIpc) is 1.98. The number of esters is 2. The highest BCUT2D eigenvalue weighted by Crippen LogP contribution is 2.06. The topological polar surface area (TPSA) is 78.6 Å².